The van der Waals surface area contributed by atoms with Gasteiger partial charge in [-0.2, -0.15) is 0 Å². The maximum Gasteiger partial charge on any atom is 0.227 e. The Bertz CT molecular complexity index is 1650. The highest BCUT2D eigenvalue weighted by molar-refractivity contribution is 6.06. The van der Waals surface area contributed by atoms with Crippen molar-refractivity contribution in [1.29, 1.82) is 0 Å². The molecule has 2 aromatic heterocycles. The molecule has 3 aromatic carbocycles. The van der Waals surface area contributed by atoms with Gasteiger partial charge in [0.25, 0.3) is 0 Å². The average molecular weight is 551 g/mol. The Balaban J connectivity index is 1.45. The first-order valence-electron chi connectivity index (χ1n) is 14.5. The monoisotopic (exact) mass is 550 g/mol. The minimum atomic E-state index is 0.121. The standard InChI is InChI=1S/C36H30N4O2/c41-35-15-7-19-39(35)33-24-30(26-10-6-12-28(22-26)32-14-2-4-18-38-32)34(40-20-8-16-36(40)42)23-29(33)25-9-5-11-27(21-25)31-13-1-3-17-37-31/h1-6,9-14,17-18,21-24H,7-8,15-16,19-20H2. The average Bonchev–Trinajstić information content (AvgIpc) is 3.69. The number of aromatic nitrogens is 2. The molecule has 2 amide bonds. The Hall–Kier alpha value is -5.10. The molecule has 7 rings (SSSR count). The van der Waals surface area contributed by atoms with Crippen LogP contribution >= 0.6 is 0 Å². The highest BCUT2D eigenvalue weighted by Gasteiger charge is 2.30. The van der Waals surface area contributed by atoms with Gasteiger partial charge in [-0.3, -0.25) is 19.6 Å². The molecule has 6 nitrogen and oxygen atoms in total. The zero-order valence-electron chi connectivity index (χ0n) is 23.2. The lowest BCUT2D eigenvalue weighted by atomic mass is 9.93. The van der Waals surface area contributed by atoms with Crippen LogP contribution in [0.3, 0.4) is 0 Å². The Morgan fingerprint density at radius 2 is 0.952 bits per heavy atom. The molecule has 4 heterocycles. The molecule has 0 radical (unpaired) electrons. The second-order valence-electron chi connectivity index (χ2n) is 10.8. The van der Waals surface area contributed by atoms with E-state index in [1.54, 1.807) is 12.4 Å². The van der Waals surface area contributed by atoms with Gasteiger partial charge in [-0.05, 0) is 72.5 Å². The van der Waals surface area contributed by atoms with Crippen molar-refractivity contribution in [2.75, 3.05) is 22.9 Å². The number of carbonyl (C=O) groups excluding carboxylic acids is 2. The van der Waals surface area contributed by atoms with E-state index >= 15 is 0 Å². The molecule has 0 saturated carbocycles. The maximum absolute atomic E-state index is 13.2. The van der Waals surface area contributed by atoms with Crippen LogP contribution in [0.25, 0.3) is 44.8 Å². The van der Waals surface area contributed by atoms with E-state index in [0.29, 0.717) is 25.9 Å². The first-order chi connectivity index (χ1) is 20.7. The van der Waals surface area contributed by atoms with Crippen LogP contribution in [-0.2, 0) is 9.59 Å². The van der Waals surface area contributed by atoms with Crippen LogP contribution in [0.4, 0.5) is 11.4 Å². The summed E-state index contributed by atoms with van der Waals surface area (Å²) >= 11 is 0. The van der Waals surface area contributed by atoms with E-state index < -0.39 is 0 Å². The molecule has 0 unspecified atom stereocenters. The van der Waals surface area contributed by atoms with Crippen molar-refractivity contribution in [3.8, 4) is 44.8 Å². The van der Waals surface area contributed by atoms with Gasteiger partial charge in [0.15, 0.2) is 0 Å². The van der Waals surface area contributed by atoms with Crippen molar-refractivity contribution in [3.05, 3.63) is 109 Å². The smallest absolute Gasteiger partial charge is 0.227 e. The van der Waals surface area contributed by atoms with Crippen LogP contribution in [0.15, 0.2) is 109 Å². The van der Waals surface area contributed by atoms with Crippen molar-refractivity contribution in [2.24, 2.45) is 0 Å². The third-order valence-corrected chi connectivity index (χ3v) is 8.11. The van der Waals surface area contributed by atoms with E-state index in [2.05, 4.69) is 58.5 Å². The number of hydrogen-bond acceptors (Lipinski definition) is 4. The molecule has 0 aliphatic carbocycles. The van der Waals surface area contributed by atoms with E-state index in [0.717, 1.165) is 69.0 Å². The summed E-state index contributed by atoms with van der Waals surface area (Å²) in [5.41, 5.74) is 9.32. The van der Waals surface area contributed by atoms with Gasteiger partial charge in [-0.25, -0.2) is 0 Å². The minimum Gasteiger partial charge on any atom is -0.312 e. The fourth-order valence-electron chi connectivity index (χ4n) is 6.05. The van der Waals surface area contributed by atoms with Gasteiger partial charge >= 0.3 is 0 Å². The predicted molar refractivity (Wildman–Crippen MR) is 167 cm³/mol. The van der Waals surface area contributed by atoms with Crippen molar-refractivity contribution in [1.82, 2.24) is 9.97 Å². The largest absolute Gasteiger partial charge is 0.312 e. The quantitative estimate of drug-likeness (QED) is 0.221. The van der Waals surface area contributed by atoms with Gasteiger partial charge in [0.2, 0.25) is 11.8 Å². The molecule has 0 N–H and O–H groups in total. The normalized spacial score (nSPS) is 15.0. The summed E-state index contributed by atoms with van der Waals surface area (Å²) in [5, 5.41) is 0. The van der Waals surface area contributed by atoms with Gasteiger partial charge in [-0.1, -0.05) is 48.5 Å². The number of anilines is 2. The lowest BCUT2D eigenvalue weighted by Gasteiger charge is -2.27. The second kappa shape index (κ2) is 11.1. The van der Waals surface area contributed by atoms with Gasteiger partial charge in [0.05, 0.1) is 22.8 Å². The Labute approximate surface area is 245 Å². The SMILES string of the molecule is O=C1CCCN1c1cc(-c2cccc(-c3ccccn3)c2)c(N2CCCC2=O)cc1-c1cccc(-c2ccccn2)c1. The number of pyridine rings is 2. The summed E-state index contributed by atoms with van der Waals surface area (Å²) in [4.78, 5) is 39.3. The van der Waals surface area contributed by atoms with Gasteiger partial charge < -0.3 is 9.80 Å². The third-order valence-electron chi connectivity index (χ3n) is 8.11. The number of rotatable bonds is 6. The van der Waals surface area contributed by atoms with Crippen LogP contribution in [-0.4, -0.2) is 34.9 Å². The van der Waals surface area contributed by atoms with E-state index in [-0.39, 0.29) is 11.8 Å². The Morgan fingerprint density at radius 3 is 1.33 bits per heavy atom. The molecule has 206 valence electrons. The van der Waals surface area contributed by atoms with Crippen LogP contribution in [0.5, 0.6) is 0 Å². The first-order valence-corrected chi connectivity index (χ1v) is 14.5. The number of benzene rings is 3. The fraction of sp³-hybridized carbons (Fsp3) is 0.167. The van der Waals surface area contributed by atoms with Crippen LogP contribution in [0.1, 0.15) is 25.7 Å². The van der Waals surface area contributed by atoms with Gasteiger partial charge in [0.1, 0.15) is 0 Å². The molecule has 0 spiro atoms. The van der Waals surface area contributed by atoms with Crippen molar-refractivity contribution < 1.29 is 9.59 Å². The summed E-state index contributed by atoms with van der Waals surface area (Å²) in [6, 6.07) is 32.5. The highest BCUT2D eigenvalue weighted by atomic mass is 16.2. The Morgan fingerprint density at radius 1 is 0.500 bits per heavy atom. The van der Waals surface area contributed by atoms with E-state index in [1.165, 1.54) is 0 Å². The molecule has 42 heavy (non-hydrogen) atoms. The van der Waals surface area contributed by atoms with Crippen molar-refractivity contribution >= 4 is 23.2 Å². The van der Waals surface area contributed by atoms with E-state index in [1.807, 2.05) is 58.3 Å². The van der Waals surface area contributed by atoms with Crippen LogP contribution < -0.4 is 9.80 Å². The van der Waals surface area contributed by atoms with Gasteiger partial charge in [0, 0.05) is 60.6 Å². The number of nitrogens with zero attached hydrogens (tertiary/aromatic N) is 4. The fourth-order valence-corrected chi connectivity index (χ4v) is 6.05. The lowest BCUT2D eigenvalue weighted by Crippen LogP contribution is -2.27. The van der Waals surface area contributed by atoms with Crippen LogP contribution in [0.2, 0.25) is 0 Å². The molecule has 2 saturated heterocycles. The predicted octanol–water partition coefficient (Wildman–Crippen LogP) is 7.40. The molecule has 6 heteroatoms. The second-order valence-corrected chi connectivity index (χ2v) is 10.8. The molecule has 0 atom stereocenters. The number of amides is 2. The summed E-state index contributed by atoms with van der Waals surface area (Å²) < 4.78 is 0. The molecule has 2 aliphatic rings. The molecule has 5 aromatic rings. The number of hydrogen-bond donors (Lipinski definition) is 0. The van der Waals surface area contributed by atoms with E-state index in [4.69, 9.17) is 0 Å². The van der Waals surface area contributed by atoms with Crippen molar-refractivity contribution in [3.63, 3.8) is 0 Å². The molecule has 2 aliphatic heterocycles. The summed E-state index contributed by atoms with van der Waals surface area (Å²) in [7, 11) is 0. The van der Waals surface area contributed by atoms with Crippen molar-refractivity contribution in [2.45, 2.75) is 25.7 Å². The maximum atomic E-state index is 13.2. The molecular formula is C36H30N4O2. The first kappa shape index (κ1) is 25.8. The lowest BCUT2D eigenvalue weighted by molar-refractivity contribution is -0.117. The molecular weight excluding hydrogens is 520 g/mol. The summed E-state index contributed by atoms with van der Waals surface area (Å²) in [5.74, 6) is 0.241. The summed E-state index contributed by atoms with van der Waals surface area (Å²) in [6.45, 7) is 1.34. The zero-order chi connectivity index (χ0) is 28.5. The number of carbonyl (C=O) groups is 2. The highest BCUT2D eigenvalue weighted by Crippen LogP contribution is 2.44. The van der Waals surface area contributed by atoms with E-state index in [9.17, 15) is 9.59 Å². The Kier molecular flexibility index (Phi) is 6.80. The minimum absolute atomic E-state index is 0.121. The summed E-state index contributed by atoms with van der Waals surface area (Å²) in [6.07, 6.45) is 6.29. The molecule has 0 bridgehead atoms. The third kappa shape index (κ3) is 4.85. The van der Waals surface area contributed by atoms with Gasteiger partial charge in [-0.15, -0.1) is 0 Å². The molecule has 2 fully saturated rings. The van der Waals surface area contributed by atoms with Crippen LogP contribution in [0, 0.1) is 0 Å². The zero-order valence-corrected chi connectivity index (χ0v) is 23.2. The topological polar surface area (TPSA) is 66.4 Å².